The lowest BCUT2D eigenvalue weighted by molar-refractivity contribution is -0.127. The molecule has 116 valence electrons. The third kappa shape index (κ3) is 5.07. The molecule has 0 heterocycles. The zero-order valence-electron chi connectivity index (χ0n) is 12.4. The molecule has 0 fully saturated rings. The molecule has 5 nitrogen and oxygen atoms in total. The van der Waals surface area contributed by atoms with Gasteiger partial charge in [-0.05, 0) is 59.8 Å². The quantitative estimate of drug-likeness (QED) is 0.460. The van der Waals surface area contributed by atoms with Crippen LogP contribution in [-0.2, 0) is 4.79 Å². The number of halogens is 1. The van der Waals surface area contributed by atoms with Crippen molar-refractivity contribution in [1.82, 2.24) is 5.43 Å². The van der Waals surface area contributed by atoms with E-state index in [1.54, 1.807) is 37.4 Å². The van der Waals surface area contributed by atoms with Gasteiger partial charge in [-0.25, -0.2) is 5.43 Å². The van der Waals surface area contributed by atoms with Gasteiger partial charge in [0.15, 0.2) is 6.10 Å². The first-order chi connectivity index (χ1) is 11.1. The molecule has 1 atom stereocenters. The maximum atomic E-state index is 11.9. The van der Waals surface area contributed by atoms with Gasteiger partial charge in [0, 0.05) is 9.13 Å². The largest absolute Gasteiger partial charge is 0.481 e. The van der Waals surface area contributed by atoms with Crippen molar-refractivity contribution in [1.29, 1.82) is 5.26 Å². The number of ether oxygens (including phenoxy) is 1. The predicted octanol–water partition coefficient (Wildman–Crippen LogP) is 3.08. The first-order valence-electron chi connectivity index (χ1n) is 6.84. The summed E-state index contributed by atoms with van der Waals surface area (Å²) in [7, 11) is 0. The molecule has 0 unspecified atom stereocenters. The van der Waals surface area contributed by atoms with Gasteiger partial charge in [-0.15, -0.1) is 0 Å². The molecule has 23 heavy (non-hydrogen) atoms. The molecule has 2 aromatic rings. The Kier molecular flexibility index (Phi) is 6.11. The van der Waals surface area contributed by atoms with Crippen LogP contribution in [0.2, 0.25) is 0 Å². The van der Waals surface area contributed by atoms with Crippen molar-refractivity contribution in [2.75, 3.05) is 0 Å². The number of carbonyl (C=O) groups is 1. The number of carbonyl (C=O) groups excluding carboxylic acids is 1. The summed E-state index contributed by atoms with van der Waals surface area (Å²) in [6.07, 6.45) is 0.892. The number of nitrogens with zero attached hydrogens (tertiary/aromatic N) is 2. The van der Waals surface area contributed by atoms with Crippen molar-refractivity contribution in [2.45, 2.75) is 13.0 Å². The Morgan fingerprint density at radius 3 is 2.65 bits per heavy atom. The molecule has 0 saturated heterocycles. The molecule has 0 spiro atoms. The van der Waals surface area contributed by atoms with E-state index in [1.807, 2.05) is 30.3 Å². The average molecular weight is 419 g/mol. The molecule has 0 bridgehead atoms. The van der Waals surface area contributed by atoms with Crippen LogP contribution in [0.3, 0.4) is 0 Å². The summed E-state index contributed by atoms with van der Waals surface area (Å²) in [4.78, 5) is 11.9. The van der Waals surface area contributed by atoms with Gasteiger partial charge in [0.05, 0.1) is 17.8 Å². The van der Waals surface area contributed by atoms with Crippen LogP contribution in [0.1, 0.15) is 18.1 Å². The topological polar surface area (TPSA) is 74.5 Å². The fraction of sp³-hybridized carbons (Fsp3) is 0.118. The van der Waals surface area contributed by atoms with E-state index in [1.165, 1.54) is 0 Å². The molecule has 0 aliphatic carbocycles. The van der Waals surface area contributed by atoms with Crippen LogP contribution in [0.4, 0.5) is 0 Å². The van der Waals surface area contributed by atoms with E-state index < -0.39 is 6.10 Å². The summed E-state index contributed by atoms with van der Waals surface area (Å²) < 4.78 is 6.55. The number of benzene rings is 2. The molecule has 0 aliphatic rings. The zero-order chi connectivity index (χ0) is 16.7. The molecule has 2 rings (SSSR count). The number of rotatable bonds is 5. The fourth-order valence-electron chi connectivity index (χ4n) is 1.70. The van der Waals surface area contributed by atoms with Crippen LogP contribution < -0.4 is 10.2 Å². The number of nitriles is 1. The van der Waals surface area contributed by atoms with Gasteiger partial charge in [0.2, 0.25) is 0 Å². The van der Waals surface area contributed by atoms with E-state index in [2.05, 4.69) is 33.1 Å². The van der Waals surface area contributed by atoms with Crippen LogP contribution in [0.25, 0.3) is 0 Å². The second-order valence-corrected chi connectivity index (χ2v) is 5.81. The molecule has 0 aromatic heterocycles. The maximum Gasteiger partial charge on any atom is 0.280 e. The van der Waals surface area contributed by atoms with E-state index in [9.17, 15) is 4.79 Å². The minimum absolute atomic E-state index is 0.350. The summed E-state index contributed by atoms with van der Waals surface area (Å²) in [5.41, 5.74) is 3.91. The summed E-state index contributed by atoms with van der Waals surface area (Å²) in [6.45, 7) is 1.63. The van der Waals surface area contributed by atoms with Crippen LogP contribution in [-0.4, -0.2) is 18.2 Å². The van der Waals surface area contributed by atoms with E-state index >= 15 is 0 Å². The molecule has 1 N–H and O–H groups in total. The van der Waals surface area contributed by atoms with Crippen molar-refractivity contribution in [3.8, 4) is 11.8 Å². The minimum Gasteiger partial charge on any atom is -0.481 e. The lowest BCUT2D eigenvalue weighted by atomic mass is 10.2. The highest BCUT2D eigenvalue weighted by Gasteiger charge is 2.13. The van der Waals surface area contributed by atoms with Crippen molar-refractivity contribution in [3.63, 3.8) is 0 Å². The van der Waals surface area contributed by atoms with Crippen LogP contribution in [0.5, 0.6) is 5.75 Å². The van der Waals surface area contributed by atoms with E-state index in [0.29, 0.717) is 11.3 Å². The molecule has 0 radical (unpaired) electrons. The minimum atomic E-state index is -0.699. The first kappa shape index (κ1) is 17.0. The summed E-state index contributed by atoms with van der Waals surface area (Å²) in [5.74, 6) is 0.171. The average Bonchev–Trinajstić information content (AvgIpc) is 2.57. The van der Waals surface area contributed by atoms with E-state index in [-0.39, 0.29) is 5.91 Å². The first-order valence-corrected chi connectivity index (χ1v) is 7.92. The Hall–Kier alpha value is -2.40. The van der Waals surface area contributed by atoms with Crippen LogP contribution in [0, 0.1) is 14.9 Å². The molecular weight excluding hydrogens is 405 g/mol. The Balaban J connectivity index is 1.89. The smallest absolute Gasteiger partial charge is 0.280 e. The predicted molar refractivity (Wildman–Crippen MR) is 96.1 cm³/mol. The van der Waals surface area contributed by atoms with Gasteiger partial charge < -0.3 is 4.74 Å². The maximum absolute atomic E-state index is 11.9. The highest BCUT2D eigenvalue weighted by molar-refractivity contribution is 14.1. The molecule has 1 amide bonds. The van der Waals surface area contributed by atoms with Gasteiger partial charge in [0.1, 0.15) is 5.75 Å². The monoisotopic (exact) mass is 419 g/mol. The third-order valence-electron chi connectivity index (χ3n) is 2.95. The number of nitrogens with one attached hydrogen (secondary N) is 1. The van der Waals surface area contributed by atoms with Crippen molar-refractivity contribution in [3.05, 3.63) is 63.2 Å². The van der Waals surface area contributed by atoms with Gasteiger partial charge in [0.25, 0.3) is 5.91 Å². The molecule has 0 saturated carbocycles. The summed E-state index contributed by atoms with van der Waals surface area (Å²) in [6, 6.07) is 16.3. The second-order valence-electron chi connectivity index (χ2n) is 4.65. The van der Waals surface area contributed by atoms with Crippen molar-refractivity contribution >= 4 is 34.7 Å². The van der Waals surface area contributed by atoms with Crippen LogP contribution in [0.15, 0.2) is 53.6 Å². The van der Waals surface area contributed by atoms with Crippen LogP contribution >= 0.6 is 22.6 Å². The van der Waals surface area contributed by atoms with Gasteiger partial charge in [-0.3, -0.25) is 4.79 Å². The van der Waals surface area contributed by atoms with Gasteiger partial charge in [-0.2, -0.15) is 10.4 Å². The number of hydrazone groups is 1. The molecule has 2 aromatic carbocycles. The van der Waals surface area contributed by atoms with Gasteiger partial charge >= 0.3 is 0 Å². The summed E-state index contributed by atoms with van der Waals surface area (Å²) >= 11 is 2.20. The number of hydrogen-bond acceptors (Lipinski definition) is 4. The highest BCUT2D eigenvalue weighted by atomic mass is 127. The van der Waals surface area contributed by atoms with E-state index in [0.717, 1.165) is 9.13 Å². The lowest BCUT2D eigenvalue weighted by Crippen LogP contribution is -2.33. The third-order valence-corrected chi connectivity index (χ3v) is 3.93. The van der Waals surface area contributed by atoms with E-state index in [4.69, 9.17) is 10.00 Å². The Labute approximate surface area is 148 Å². The summed E-state index contributed by atoms with van der Waals surface area (Å²) in [5, 5.41) is 12.7. The van der Waals surface area contributed by atoms with Crippen molar-refractivity contribution in [2.24, 2.45) is 5.10 Å². The SMILES string of the molecule is C[C@H](Oc1ccc(C#N)cc1)C(=O)NN=Cc1ccccc1I. The fourth-order valence-corrected chi connectivity index (χ4v) is 2.23. The number of hydrogen-bond donors (Lipinski definition) is 1. The standard InChI is InChI=1S/C17H14IN3O2/c1-12(23-15-8-6-13(10-19)7-9-15)17(22)21-20-11-14-4-2-3-5-16(14)18/h2-9,11-12H,1H3,(H,21,22)/t12-/m0/s1. The number of amides is 1. The van der Waals surface area contributed by atoms with Gasteiger partial charge in [-0.1, -0.05) is 18.2 Å². The second kappa shape index (κ2) is 8.29. The Bertz CT molecular complexity index is 751. The lowest BCUT2D eigenvalue weighted by Gasteiger charge is -2.12. The molecule has 6 heteroatoms. The Morgan fingerprint density at radius 1 is 1.30 bits per heavy atom. The van der Waals surface area contributed by atoms with Crippen molar-refractivity contribution < 1.29 is 9.53 Å². The zero-order valence-corrected chi connectivity index (χ0v) is 14.5. The highest BCUT2D eigenvalue weighted by Crippen LogP contribution is 2.13. The Morgan fingerprint density at radius 2 is 2.00 bits per heavy atom. The normalized spacial score (nSPS) is 11.7. The molecule has 0 aliphatic heterocycles. The molecular formula is C17H14IN3O2.